The van der Waals surface area contributed by atoms with Crippen molar-refractivity contribution in [1.82, 2.24) is 0 Å². The largest absolute Gasteiger partial charge is 0.462 e. The molecule has 0 aliphatic carbocycles. The monoisotopic (exact) mass is 901 g/mol. The van der Waals surface area contributed by atoms with E-state index in [0.717, 1.165) is 77.0 Å². The zero-order valence-electron chi connectivity index (χ0n) is 42.0. The van der Waals surface area contributed by atoms with Crippen LogP contribution in [0.15, 0.2) is 109 Å². The molecule has 0 saturated heterocycles. The average molecular weight is 901 g/mol. The van der Waals surface area contributed by atoms with Crippen LogP contribution >= 0.6 is 0 Å². The molecule has 1 atom stereocenters. The van der Waals surface area contributed by atoms with Gasteiger partial charge in [-0.05, 0) is 83.5 Å². The SMILES string of the molecule is CC\C=C/C=C\C=C/C=C\C=C/CCCC(=O)OCC(COC(=O)CCCCCCC/C=C\C=C/CCCCCCCCC)OC(=O)CCCCC/C=C\C=C/CCCCCCCCC. The highest BCUT2D eigenvalue weighted by molar-refractivity contribution is 5.71. The lowest BCUT2D eigenvalue weighted by Gasteiger charge is -2.18. The molecule has 6 nitrogen and oxygen atoms in total. The first kappa shape index (κ1) is 61.1. The second-order valence-electron chi connectivity index (χ2n) is 17.2. The molecule has 65 heavy (non-hydrogen) atoms. The number of unbranched alkanes of at least 4 members (excludes halogenated alkanes) is 23. The minimum atomic E-state index is -0.829. The van der Waals surface area contributed by atoms with Crippen LogP contribution in [0.2, 0.25) is 0 Å². The van der Waals surface area contributed by atoms with Crippen LogP contribution in [0.25, 0.3) is 0 Å². The molecule has 0 bridgehead atoms. The van der Waals surface area contributed by atoms with Crippen molar-refractivity contribution in [2.24, 2.45) is 0 Å². The zero-order chi connectivity index (χ0) is 47.2. The third-order valence-electron chi connectivity index (χ3n) is 10.9. The summed E-state index contributed by atoms with van der Waals surface area (Å²) in [5.74, 6) is -1.04. The summed E-state index contributed by atoms with van der Waals surface area (Å²) in [6.45, 7) is 6.37. The van der Waals surface area contributed by atoms with Gasteiger partial charge in [0.2, 0.25) is 0 Å². The fourth-order valence-corrected chi connectivity index (χ4v) is 6.92. The van der Waals surface area contributed by atoms with Gasteiger partial charge in [-0.2, -0.15) is 0 Å². The quantitative estimate of drug-likeness (QED) is 0.0262. The predicted molar refractivity (Wildman–Crippen MR) is 279 cm³/mol. The molecule has 0 amide bonds. The molecular formula is C59H96O6. The lowest BCUT2D eigenvalue weighted by atomic mass is 10.1. The number of carbonyl (C=O) groups excluding carboxylic acids is 3. The molecule has 0 heterocycles. The normalized spacial score (nSPS) is 13.0. The number of ether oxygens (including phenoxy) is 3. The van der Waals surface area contributed by atoms with Crippen molar-refractivity contribution in [3.63, 3.8) is 0 Å². The standard InChI is InChI=1S/C59H96O6/c1-4-7-10-13-16-19-22-25-27-29-30-32-34-37-40-43-46-49-52-58(61)64-55-56(54-63-57(60)51-48-45-42-39-36-33-24-21-18-15-12-9-6-3)65-59(62)53-50-47-44-41-38-35-31-28-26-23-20-17-14-11-8-5-2/h9,12,15,18,21,24,27-33,35-36,38-39,42,56H,4-8,10-11,13-14,16-17,19-20,22-23,25-26,34,37,40-41,43-55H2,1-3H3/b12-9-,18-15-,24-21-,29-27-,31-28-,32-30-,36-33-,38-35-,42-39-. The Kier molecular flexibility index (Phi) is 49.5. The first-order valence-corrected chi connectivity index (χ1v) is 26.5. The first-order valence-electron chi connectivity index (χ1n) is 26.5. The predicted octanol–water partition coefficient (Wildman–Crippen LogP) is 17.5. The van der Waals surface area contributed by atoms with Crippen LogP contribution in [-0.2, 0) is 28.6 Å². The molecule has 0 aromatic rings. The maximum atomic E-state index is 12.8. The highest BCUT2D eigenvalue weighted by atomic mass is 16.6. The van der Waals surface area contributed by atoms with Crippen LogP contribution in [0.5, 0.6) is 0 Å². The van der Waals surface area contributed by atoms with Gasteiger partial charge in [0.15, 0.2) is 6.10 Å². The molecule has 1 unspecified atom stereocenters. The molecular weight excluding hydrogens is 805 g/mol. The van der Waals surface area contributed by atoms with E-state index in [1.165, 1.54) is 96.3 Å². The molecule has 0 radical (unpaired) electrons. The molecule has 0 aromatic carbocycles. The Morgan fingerprint density at radius 3 is 1.03 bits per heavy atom. The lowest BCUT2D eigenvalue weighted by molar-refractivity contribution is -0.167. The van der Waals surface area contributed by atoms with E-state index >= 15 is 0 Å². The second kappa shape index (κ2) is 52.7. The third kappa shape index (κ3) is 50.9. The van der Waals surface area contributed by atoms with E-state index in [4.69, 9.17) is 14.2 Å². The highest BCUT2D eigenvalue weighted by Crippen LogP contribution is 2.13. The Morgan fingerprint density at radius 1 is 0.323 bits per heavy atom. The van der Waals surface area contributed by atoms with E-state index in [0.29, 0.717) is 19.3 Å². The van der Waals surface area contributed by atoms with Crippen molar-refractivity contribution in [2.75, 3.05) is 13.2 Å². The lowest BCUT2D eigenvalue weighted by Crippen LogP contribution is -2.30. The number of esters is 3. The van der Waals surface area contributed by atoms with Crippen molar-refractivity contribution >= 4 is 17.9 Å². The van der Waals surface area contributed by atoms with Crippen LogP contribution in [0.3, 0.4) is 0 Å². The highest BCUT2D eigenvalue weighted by Gasteiger charge is 2.19. The molecule has 0 aromatic heterocycles. The molecule has 0 spiro atoms. The molecule has 0 aliphatic rings. The van der Waals surface area contributed by atoms with Gasteiger partial charge in [-0.15, -0.1) is 0 Å². The number of allylic oxidation sites excluding steroid dienone is 18. The van der Waals surface area contributed by atoms with Crippen LogP contribution in [0, 0.1) is 0 Å². The van der Waals surface area contributed by atoms with E-state index in [1.807, 2.05) is 54.7 Å². The van der Waals surface area contributed by atoms with Crippen LogP contribution in [0.1, 0.15) is 226 Å². The summed E-state index contributed by atoms with van der Waals surface area (Å²) in [6, 6.07) is 0. The van der Waals surface area contributed by atoms with Crippen molar-refractivity contribution in [1.29, 1.82) is 0 Å². The third-order valence-corrected chi connectivity index (χ3v) is 10.9. The van der Waals surface area contributed by atoms with Crippen molar-refractivity contribution in [3.05, 3.63) is 109 Å². The van der Waals surface area contributed by atoms with Gasteiger partial charge in [0.1, 0.15) is 13.2 Å². The molecule has 0 aliphatic heterocycles. The second-order valence-corrected chi connectivity index (χ2v) is 17.2. The fraction of sp³-hybridized carbons (Fsp3) is 0.644. The minimum absolute atomic E-state index is 0.121. The summed E-state index contributed by atoms with van der Waals surface area (Å²) in [7, 11) is 0. The molecule has 0 rings (SSSR count). The van der Waals surface area contributed by atoms with E-state index in [2.05, 4.69) is 75.5 Å². The van der Waals surface area contributed by atoms with Crippen LogP contribution < -0.4 is 0 Å². The Bertz CT molecular complexity index is 1360. The molecule has 0 saturated carbocycles. The molecule has 6 heteroatoms. The van der Waals surface area contributed by atoms with Crippen molar-refractivity contribution in [2.45, 2.75) is 232 Å². The van der Waals surface area contributed by atoms with Gasteiger partial charge in [0.05, 0.1) is 0 Å². The first-order chi connectivity index (χ1) is 32.0. The van der Waals surface area contributed by atoms with E-state index in [1.54, 1.807) is 0 Å². The summed E-state index contributed by atoms with van der Waals surface area (Å²) in [4.78, 5) is 38.0. The molecule has 0 N–H and O–H groups in total. The van der Waals surface area contributed by atoms with Gasteiger partial charge < -0.3 is 14.2 Å². The fourth-order valence-electron chi connectivity index (χ4n) is 6.92. The van der Waals surface area contributed by atoms with Gasteiger partial charge in [-0.25, -0.2) is 0 Å². The van der Waals surface area contributed by atoms with Crippen LogP contribution in [0.4, 0.5) is 0 Å². The zero-order valence-corrected chi connectivity index (χ0v) is 42.0. The Hall–Kier alpha value is -3.93. The summed E-state index contributed by atoms with van der Waals surface area (Å²) in [5, 5.41) is 0. The van der Waals surface area contributed by atoms with Crippen molar-refractivity contribution in [3.8, 4) is 0 Å². The van der Waals surface area contributed by atoms with Gasteiger partial charge in [0.25, 0.3) is 0 Å². The Balaban J connectivity index is 4.55. The summed E-state index contributed by atoms with van der Waals surface area (Å²) < 4.78 is 16.7. The summed E-state index contributed by atoms with van der Waals surface area (Å²) >= 11 is 0. The smallest absolute Gasteiger partial charge is 0.306 e. The number of hydrogen-bond donors (Lipinski definition) is 0. The topological polar surface area (TPSA) is 78.9 Å². The maximum absolute atomic E-state index is 12.8. The number of hydrogen-bond acceptors (Lipinski definition) is 6. The maximum Gasteiger partial charge on any atom is 0.306 e. The Labute approximate surface area is 400 Å². The van der Waals surface area contributed by atoms with E-state index in [9.17, 15) is 14.4 Å². The van der Waals surface area contributed by atoms with Gasteiger partial charge in [-0.1, -0.05) is 233 Å². The molecule has 368 valence electrons. The number of rotatable bonds is 46. The Morgan fingerprint density at radius 2 is 0.615 bits per heavy atom. The van der Waals surface area contributed by atoms with Gasteiger partial charge >= 0.3 is 17.9 Å². The van der Waals surface area contributed by atoms with Crippen molar-refractivity contribution < 1.29 is 28.6 Å². The summed E-state index contributed by atoms with van der Waals surface area (Å²) in [5.41, 5.74) is 0. The van der Waals surface area contributed by atoms with Gasteiger partial charge in [0, 0.05) is 19.3 Å². The average Bonchev–Trinajstić information content (AvgIpc) is 3.30. The van der Waals surface area contributed by atoms with E-state index < -0.39 is 6.10 Å². The van der Waals surface area contributed by atoms with Gasteiger partial charge in [-0.3, -0.25) is 14.4 Å². The minimum Gasteiger partial charge on any atom is -0.462 e. The van der Waals surface area contributed by atoms with Crippen LogP contribution in [-0.4, -0.2) is 37.2 Å². The molecule has 0 fully saturated rings. The summed E-state index contributed by atoms with van der Waals surface area (Å²) in [6.07, 6.45) is 70.8. The number of carbonyl (C=O) groups is 3. The van der Waals surface area contributed by atoms with E-state index in [-0.39, 0.29) is 44.0 Å².